The van der Waals surface area contributed by atoms with Gasteiger partial charge in [-0.15, -0.1) is 0 Å². The molecule has 0 aliphatic rings. The lowest BCUT2D eigenvalue weighted by molar-refractivity contribution is -0.663. The number of nitrogens with zero attached hydrogens (tertiary/aromatic N) is 5. The molecular formula is C44H47B2F8N7O3. The van der Waals surface area contributed by atoms with Gasteiger partial charge in [0, 0.05) is 25.9 Å². The number of para-hydroxylation sites is 4. The van der Waals surface area contributed by atoms with E-state index in [-0.39, 0.29) is 29.0 Å². The molecule has 0 radical (unpaired) electrons. The first-order chi connectivity index (χ1) is 30.4. The number of amides is 2. The Bertz CT molecular complexity index is 2390. The van der Waals surface area contributed by atoms with E-state index in [0.717, 1.165) is 50.1 Å². The summed E-state index contributed by atoms with van der Waals surface area (Å²) in [6.07, 6.45) is 5.79. The van der Waals surface area contributed by atoms with Gasteiger partial charge in [0.15, 0.2) is 22.1 Å². The smallest absolute Gasteiger partial charge is 0.418 e. The third-order valence-electron chi connectivity index (χ3n) is 8.89. The van der Waals surface area contributed by atoms with Crippen LogP contribution in [-0.2, 0) is 31.0 Å². The van der Waals surface area contributed by atoms with Crippen molar-refractivity contribution in [1.29, 1.82) is 0 Å². The topological polar surface area (TPSA) is 106 Å². The van der Waals surface area contributed by atoms with Crippen molar-refractivity contribution in [3.8, 4) is 0 Å². The van der Waals surface area contributed by atoms with E-state index in [4.69, 9.17) is 0 Å². The molecule has 2 amide bonds. The van der Waals surface area contributed by atoms with Crippen LogP contribution < -0.4 is 19.8 Å². The minimum absolute atomic E-state index is 0.167. The molecule has 0 saturated carbocycles. The van der Waals surface area contributed by atoms with E-state index in [9.17, 15) is 48.9 Å². The van der Waals surface area contributed by atoms with Crippen LogP contribution >= 0.6 is 0 Å². The average Bonchev–Trinajstić information content (AvgIpc) is 3.77. The van der Waals surface area contributed by atoms with Crippen LogP contribution in [0.15, 0.2) is 140 Å². The van der Waals surface area contributed by atoms with Gasteiger partial charge in [-0.05, 0) is 61.4 Å². The van der Waals surface area contributed by atoms with Crippen molar-refractivity contribution in [2.75, 3.05) is 13.1 Å². The van der Waals surface area contributed by atoms with Crippen molar-refractivity contribution in [2.45, 2.75) is 52.9 Å². The number of rotatable bonds is 14. The lowest BCUT2D eigenvalue weighted by Crippen LogP contribution is -2.33. The van der Waals surface area contributed by atoms with Crippen molar-refractivity contribution in [2.24, 2.45) is 0 Å². The standard InChI is InChI=1S/C41H39N7O2.C3H6O.2BF4/c49-40(42-24-12-26-45-30-47(28-32-14-3-1-4-15-32)38-22-9-7-20-36(38)45)34-18-11-19-35(44-34)41(50)43-25-13-27-46-31-48(29-33-16-5-2-6-17-33)39-23-10-8-21-37(39)46;1-3(2)4;2*2-1(3,4)5/h1-11,14-23,30-31H,12-13,24-29H2;1-2H3;;/q;;2*-1/p+2. The Morgan fingerprint density at radius 1 is 0.516 bits per heavy atom. The molecule has 64 heavy (non-hydrogen) atoms. The number of hydrogen-bond donors (Lipinski definition) is 2. The van der Waals surface area contributed by atoms with Gasteiger partial charge in [0.2, 0.25) is 12.7 Å². The Morgan fingerprint density at radius 2 is 0.844 bits per heavy atom. The maximum Gasteiger partial charge on any atom is 0.673 e. The van der Waals surface area contributed by atoms with Crippen LogP contribution in [0.4, 0.5) is 34.5 Å². The van der Waals surface area contributed by atoms with E-state index in [0.29, 0.717) is 13.1 Å². The molecule has 7 aromatic rings. The summed E-state index contributed by atoms with van der Waals surface area (Å²) in [7, 11) is -12.0. The molecule has 3 heterocycles. The van der Waals surface area contributed by atoms with Crippen molar-refractivity contribution >= 4 is 54.2 Å². The van der Waals surface area contributed by atoms with Crippen LogP contribution in [0.3, 0.4) is 0 Å². The second kappa shape index (κ2) is 24.1. The molecule has 2 N–H and O–H groups in total. The van der Waals surface area contributed by atoms with E-state index in [1.54, 1.807) is 18.2 Å². The van der Waals surface area contributed by atoms with Gasteiger partial charge in [-0.2, -0.15) is 0 Å². The van der Waals surface area contributed by atoms with E-state index < -0.39 is 14.5 Å². The van der Waals surface area contributed by atoms with Crippen LogP contribution in [0.25, 0.3) is 22.1 Å². The number of nitrogens with one attached hydrogen (secondary N) is 2. The fraction of sp³-hybridized carbons (Fsp3) is 0.227. The number of aryl methyl sites for hydroxylation is 2. The van der Waals surface area contributed by atoms with Gasteiger partial charge in [0.1, 0.15) is 30.3 Å². The first-order valence-electron chi connectivity index (χ1n) is 20.1. The third kappa shape index (κ3) is 17.9. The minimum atomic E-state index is -6.00. The number of benzene rings is 4. The fourth-order valence-electron chi connectivity index (χ4n) is 6.43. The first kappa shape index (κ1) is 49.8. The van der Waals surface area contributed by atoms with Gasteiger partial charge in [-0.1, -0.05) is 91.0 Å². The Labute approximate surface area is 364 Å². The maximum atomic E-state index is 13.0. The molecule has 10 nitrogen and oxygen atoms in total. The van der Waals surface area contributed by atoms with Gasteiger partial charge in [0.25, 0.3) is 11.8 Å². The number of halogens is 8. The Kier molecular flexibility index (Phi) is 18.8. The van der Waals surface area contributed by atoms with Crippen LogP contribution in [-0.4, -0.2) is 59.3 Å². The maximum absolute atomic E-state index is 13.0. The summed E-state index contributed by atoms with van der Waals surface area (Å²) in [5.74, 6) is -0.418. The van der Waals surface area contributed by atoms with E-state index in [1.165, 1.54) is 36.0 Å². The zero-order chi connectivity index (χ0) is 46.7. The molecule has 338 valence electrons. The molecule has 0 atom stereocenters. The molecule has 0 saturated heterocycles. The van der Waals surface area contributed by atoms with E-state index in [2.05, 4.69) is 131 Å². The monoisotopic (exact) mass is 895 g/mol. The van der Waals surface area contributed by atoms with Crippen molar-refractivity contribution in [1.82, 2.24) is 24.8 Å². The quantitative estimate of drug-likeness (QED) is 0.0495. The van der Waals surface area contributed by atoms with Gasteiger partial charge in [-0.3, -0.25) is 9.59 Å². The zero-order valence-corrected chi connectivity index (χ0v) is 35.1. The van der Waals surface area contributed by atoms with Gasteiger partial charge in [-0.25, -0.2) is 23.3 Å². The highest BCUT2D eigenvalue weighted by atomic mass is 19.5. The Morgan fingerprint density at radius 3 is 1.20 bits per heavy atom. The molecule has 0 fully saturated rings. The molecule has 4 aromatic carbocycles. The highest BCUT2D eigenvalue weighted by molar-refractivity contribution is 6.50. The molecule has 0 spiro atoms. The zero-order valence-electron chi connectivity index (χ0n) is 35.1. The fourth-order valence-corrected chi connectivity index (χ4v) is 6.43. The normalized spacial score (nSPS) is 11.0. The number of carbonyl (C=O) groups is 3. The van der Waals surface area contributed by atoms with Crippen LogP contribution in [0, 0.1) is 0 Å². The highest BCUT2D eigenvalue weighted by Gasteiger charge is 2.21. The third-order valence-corrected chi connectivity index (χ3v) is 8.89. The molecule has 0 aliphatic heterocycles. The van der Waals surface area contributed by atoms with Gasteiger partial charge in [0.05, 0.1) is 13.1 Å². The van der Waals surface area contributed by atoms with Crippen molar-refractivity contribution in [3.63, 3.8) is 0 Å². The molecule has 20 heteroatoms. The number of imidazole rings is 2. The number of carbonyl (C=O) groups excluding carboxylic acids is 3. The number of hydrogen-bond acceptors (Lipinski definition) is 4. The number of Topliss-reactive ketones (excluding diaryl/α,β-unsaturated/α-hetero) is 1. The number of aromatic nitrogens is 5. The molecule has 0 aliphatic carbocycles. The average molecular weight is 896 g/mol. The summed E-state index contributed by atoms with van der Waals surface area (Å²) >= 11 is 0. The molecule has 0 unspecified atom stereocenters. The predicted octanol–water partition coefficient (Wildman–Crippen LogP) is 8.50. The molecule has 7 rings (SSSR count). The summed E-state index contributed by atoms with van der Waals surface area (Å²) in [4.78, 5) is 39.8. The second-order valence-corrected chi connectivity index (χ2v) is 14.3. The highest BCUT2D eigenvalue weighted by Crippen LogP contribution is 2.14. The summed E-state index contributed by atoms with van der Waals surface area (Å²) < 4.78 is 87.0. The summed E-state index contributed by atoms with van der Waals surface area (Å²) in [5, 5.41) is 5.95. The lowest BCUT2D eigenvalue weighted by Gasteiger charge is -2.07. The van der Waals surface area contributed by atoms with Crippen LogP contribution in [0.5, 0.6) is 0 Å². The van der Waals surface area contributed by atoms with E-state index >= 15 is 0 Å². The van der Waals surface area contributed by atoms with Crippen molar-refractivity contribution in [3.05, 3.63) is 163 Å². The van der Waals surface area contributed by atoms with Gasteiger partial charge < -0.3 is 50.0 Å². The molecule has 3 aromatic heterocycles. The number of ketones is 1. The summed E-state index contributed by atoms with van der Waals surface area (Å²) in [6, 6.07) is 42.6. The summed E-state index contributed by atoms with van der Waals surface area (Å²) in [6.45, 7) is 7.12. The van der Waals surface area contributed by atoms with Crippen LogP contribution in [0.2, 0.25) is 0 Å². The van der Waals surface area contributed by atoms with Gasteiger partial charge >= 0.3 is 14.5 Å². The summed E-state index contributed by atoms with van der Waals surface area (Å²) in [5.41, 5.74) is 7.60. The minimum Gasteiger partial charge on any atom is -0.418 e. The SMILES string of the molecule is CC(C)=O.F[B-](F)(F)F.F[B-](F)(F)F.O=C(NCCCn1c[n+](Cc2ccccc2)c2ccccc21)c1cccc(C(=O)NCCCn2c[n+](Cc3ccccc3)c3ccccc32)n1. The first-order valence-corrected chi connectivity index (χ1v) is 20.1. The molecule has 0 bridgehead atoms. The van der Waals surface area contributed by atoms with Crippen LogP contribution in [0.1, 0.15) is 58.8 Å². The largest absolute Gasteiger partial charge is 0.673 e. The second-order valence-electron chi connectivity index (χ2n) is 14.3. The Hall–Kier alpha value is -6.85. The lowest BCUT2D eigenvalue weighted by atomic mass is 10.2. The van der Waals surface area contributed by atoms with E-state index in [1.807, 2.05) is 24.3 Å². The van der Waals surface area contributed by atoms with Crippen molar-refractivity contribution < 1.29 is 58.0 Å². The number of fused-ring (bicyclic) bond motifs is 2. The number of pyridine rings is 1. The predicted molar refractivity (Wildman–Crippen MR) is 230 cm³/mol. The Balaban J connectivity index is 0.000000561. The molecular weight excluding hydrogens is 848 g/mol.